The van der Waals surface area contributed by atoms with Crippen molar-refractivity contribution in [2.24, 2.45) is 0 Å². The van der Waals surface area contributed by atoms with Gasteiger partial charge in [0.2, 0.25) is 5.89 Å². The molecule has 4 rings (SSSR count). The largest absolute Gasteiger partial charge is 0.444 e. The molecule has 35 heavy (non-hydrogen) atoms. The van der Waals surface area contributed by atoms with Crippen molar-refractivity contribution >= 4 is 18.0 Å². The smallest absolute Gasteiger partial charge is 0.282 e. The molecule has 0 bridgehead atoms. The molecule has 0 N–H and O–H groups in total. The van der Waals surface area contributed by atoms with Crippen molar-refractivity contribution in [3.63, 3.8) is 0 Å². The van der Waals surface area contributed by atoms with Gasteiger partial charge in [0.05, 0.1) is 12.2 Å². The van der Waals surface area contributed by atoms with E-state index >= 15 is 0 Å². The lowest BCUT2D eigenvalue weighted by molar-refractivity contribution is -0.108. The number of halogens is 2. The average Bonchev–Trinajstić information content (AvgIpc) is 3.52. The summed E-state index contributed by atoms with van der Waals surface area (Å²) in [6.45, 7) is -0.0511. The second-order valence-corrected chi connectivity index (χ2v) is 7.56. The van der Waals surface area contributed by atoms with E-state index in [0.717, 1.165) is 0 Å². The molecule has 3 heterocycles. The number of aromatic nitrogens is 4. The lowest BCUT2D eigenvalue weighted by Gasteiger charge is -2.13. The lowest BCUT2D eigenvalue weighted by Crippen LogP contribution is -2.28. The summed E-state index contributed by atoms with van der Waals surface area (Å²) in [5.41, 5.74) is 0.894. The first-order chi connectivity index (χ1) is 16.9. The van der Waals surface area contributed by atoms with Gasteiger partial charge in [-0.05, 0) is 36.4 Å². The van der Waals surface area contributed by atoms with Crippen molar-refractivity contribution in [1.29, 1.82) is 0 Å². The number of hydrogen-bond donors (Lipinski definition) is 0. The molecule has 3 aromatic heterocycles. The number of carbonyl (C=O) groups excluding carboxylic acids is 3. The summed E-state index contributed by atoms with van der Waals surface area (Å²) in [5.74, 6) is -0.647. The summed E-state index contributed by atoms with van der Waals surface area (Å²) in [6.07, 6.45) is 2.99. The maximum absolute atomic E-state index is 13.7. The second kappa shape index (κ2) is 10.2. The van der Waals surface area contributed by atoms with Crippen molar-refractivity contribution in [2.45, 2.75) is 12.8 Å². The topological polar surface area (TPSA) is 111 Å². The molecule has 0 saturated heterocycles. The van der Waals surface area contributed by atoms with Gasteiger partial charge in [0.1, 0.15) is 23.9 Å². The van der Waals surface area contributed by atoms with E-state index in [4.69, 9.17) is 4.42 Å². The predicted molar refractivity (Wildman–Crippen MR) is 119 cm³/mol. The van der Waals surface area contributed by atoms with Gasteiger partial charge in [0, 0.05) is 48.7 Å². The van der Waals surface area contributed by atoms with Crippen LogP contribution in [0, 0.1) is 0 Å². The van der Waals surface area contributed by atoms with Gasteiger partial charge in [0.25, 0.3) is 12.3 Å². The van der Waals surface area contributed by atoms with Crippen LogP contribution in [-0.4, -0.2) is 56.2 Å². The van der Waals surface area contributed by atoms with Crippen LogP contribution < -0.4 is 0 Å². The zero-order valence-electron chi connectivity index (χ0n) is 18.5. The highest BCUT2D eigenvalue weighted by molar-refractivity contribution is 5.96. The highest BCUT2D eigenvalue weighted by Gasteiger charge is 2.23. The summed E-state index contributed by atoms with van der Waals surface area (Å²) in [5, 5.41) is 3.94. The van der Waals surface area contributed by atoms with Gasteiger partial charge >= 0.3 is 0 Å². The Kier molecular flexibility index (Phi) is 6.86. The fourth-order valence-electron chi connectivity index (χ4n) is 3.34. The number of carbonyl (C=O) groups is 3. The number of oxazole rings is 1. The van der Waals surface area contributed by atoms with E-state index in [0.29, 0.717) is 23.1 Å². The molecule has 0 atom stereocenters. The van der Waals surface area contributed by atoms with E-state index in [-0.39, 0.29) is 36.0 Å². The Balaban J connectivity index is 1.54. The van der Waals surface area contributed by atoms with Crippen LogP contribution in [0.15, 0.2) is 65.7 Å². The third kappa shape index (κ3) is 5.18. The predicted octanol–water partition coefficient (Wildman–Crippen LogP) is 3.56. The summed E-state index contributed by atoms with van der Waals surface area (Å²) in [6, 6.07) is 9.41. The van der Waals surface area contributed by atoms with Crippen LogP contribution in [0.5, 0.6) is 0 Å². The van der Waals surface area contributed by atoms with E-state index in [2.05, 4.69) is 15.1 Å². The molecule has 0 radical (unpaired) electrons. The number of hydrogen-bond acceptors (Lipinski definition) is 7. The molecular formula is C24H19F2N5O4. The molecule has 11 heteroatoms. The lowest BCUT2D eigenvalue weighted by atomic mass is 10.1. The third-order valence-electron chi connectivity index (χ3n) is 5.17. The number of rotatable bonds is 9. The average molecular weight is 479 g/mol. The molecule has 0 fully saturated rings. The van der Waals surface area contributed by atoms with E-state index in [9.17, 15) is 23.2 Å². The minimum Gasteiger partial charge on any atom is -0.444 e. The number of ketones is 1. The van der Waals surface area contributed by atoms with Crippen LogP contribution in [-0.2, 0) is 11.2 Å². The van der Waals surface area contributed by atoms with Crippen molar-refractivity contribution in [1.82, 2.24) is 24.6 Å². The van der Waals surface area contributed by atoms with Crippen LogP contribution in [0.25, 0.3) is 17.1 Å². The molecule has 0 aliphatic carbocycles. The van der Waals surface area contributed by atoms with E-state index in [1.165, 1.54) is 53.4 Å². The Morgan fingerprint density at radius 1 is 1.14 bits per heavy atom. The van der Waals surface area contributed by atoms with Gasteiger partial charge in [-0.2, -0.15) is 5.10 Å². The van der Waals surface area contributed by atoms with Crippen LogP contribution >= 0.6 is 0 Å². The molecular weight excluding hydrogens is 460 g/mol. The molecule has 0 aliphatic heterocycles. The van der Waals surface area contributed by atoms with Crippen LogP contribution in [0.1, 0.15) is 38.5 Å². The molecule has 178 valence electrons. The van der Waals surface area contributed by atoms with Crippen LogP contribution in [0.4, 0.5) is 8.78 Å². The molecule has 0 spiro atoms. The Bertz CT molecular complexity index is 1350. The number of Topliss-reactive ketones (excluding diaryl/α,β-unsaturated/α-hetero) is 1. The van der Waals surface area contributed by atoms with Gasteiger partial charge in [-0.15, -0.1) is 0 Å². The van der Waals surface area contributed by atoms with Crippen LogP contribution in [0.3, 0.4) is 0 Å². The summed E-state index contributed by atoms with van der Waals surface area (Å²) in [4.78, 5) is 44.9. The Labute approximate surface area is 198 Å². The number of nitrogens with zero attached hydrogens (tertiary/aromatic N) is 5. The minimum absolute atomic E-state index is 0.00656. The van der Waals surface area contributed by atoms with Gasteiger partial charge in [-0.1, -0.05) is 0 Å². The van der Waals surface area contributed by atoms with Crippen LogP contribution in [0.2, 0.25) is 0 Å². The number of alkyl halides is 2. The molecule has 9 nitrogen and oxygen atoms in total. The van der Waals surface area contributed by atoms with Gasteiger partial charge in [-0.3, -0.25) is 14.6 Å². The minimum atomic E-state index is -2.90. The number of pyridine rings is 1. The number of likely N-dealkylation sites (N-methyl/N-ethyl adjacent to an activating group) is 1. The molecule has 0 unspecified atom stereocenters. The molecule has 0 aliphatic rings. The SMILES string of the molecule is CN(CC=O)C(=O)c1ccc(-n2cc(CC(=O)c3coc(-c4ccncc4)n3)c(C(F)F)n2)cc1. The fraction of sp³-hybridized carbons (Fsp3) is 0.167. The number of amides is 1. The summed E-state index contributed by atoms with van der Waals surface area (Å²) >= 11 is 0. The standard InChI is InChI=1S/C24H19F2N5O4/c1-30(10-11-32)24(34)16-2-4-18(5-3-16)31-13-17(21(29-31)22(25)26)12-20(33)19-14-35-23(28-19)15-6-8-27-9-7-15/h2-9,11,13-14,22H,10,12H2,1H3. The highest BCUT2D eigenvalue weighted by Crippen LogP contribution is 2.25. The summed E-state index contributed by atoms with van der Waals surface area (Å²) in [7, 11) is 1.49. The van der Waals surface area contributed by atoms with Gasteiger partial charge < -0.3 is 14.1 Å². The van der Waals surface area contributed by atoms with Gasteiger partial charge in [-0.25, -0.2) is 18.4 Å². The number of benzene rings is 1. The third-order valence-corrected chi connectivity index (χ3v) is 5.17. The van der Waals surface area contributed by atoms with E-state index < -0.39 is 17.9 Å². The monoisotopic (exact) mass is 479 g/mol. The van der Waals surface area contributed by atoms with E-state index in [1.54, 1.807) is 24.5 Å². The van der Waals surface area contributed by atoms with Crippen molar-refractivity contribution in [2.75, 3.05) is 13.6 Å². The molecule has 1 amide bonds. The first-order valence-corrected chi connectivity index (χ1v) is 10.4. The highest BCUT2D eigenvalue weighted by atomic mass is 19.3. The maximum atomic E-state index is 13.7. The fourth-order valence-corrected chi connectivity index (χ4v) is 3.34. The van der Waals surface area contributed by atoms with Crippen molar-refractivity contribution in [3.8, 4) is 17.1 Å². The van der Waals surface area contributed by atoms with E-state index in [1.807, 2.05) is 0 Å². The maximum Gasteiger partial charge on any atom is 0.282 e. The Hall–Kier alpha value is -4.54. The Morgan fingerprint density at radius 2 is 1.86 bits per heavy atom. The zero-order chi connectivity index (χ0) is 24.9. The first kappa shape index (κ1) is 23.6. The zero-order valence-corrected chi connectivity index (χ0v) is 18.5. The molecule has 1 aromatic carbocycles. The number of aldehydes is 1. The van der Waals surface area contributed by atoms with Crippen molar-refractivity contribution in [3.05, 3.63) is 83.8 Å². The quantitative estimate of drug-likeness (QED) is 0.267. The van der Waals surface area contributed by atoms with Gasteiger partial charge in [0.15, 0.2) is 5.78 Å². The molecule has 0 saturated carbocycles. The first-order valence-electron chi connectivity index (χ1n) is 10.4. The Morgan fingerprint density at radius 3 is 2.51 bits per heavy atom. The molecule has 4 aromatic rings. The van der Waals surface area contributed by atoms with Crippen molar-refractivity contribution < 1.29 is 27.6 Å². The normalized spacial score (nSPS) is 11.0. The second-order valence-electron chi connectivity index (χ2n) is 7.56. The summed E-state index contributed by atoms with van der Waals surface area (Å²) < 4.78 is 33.9.